The van der Waals surface area contributed by atoms with E-state index in [1.807, 2.05) is 18.2 Å². The molecule has 0 saturated heterocycles. The summed E-state index contributed by atoms with van der Waals surface area (Å²) in [7, 11) is 0. The van der Waals surface area contributed by atoms with Gasteiger partial charge in [0, 0.05) is 19.2 Å². The molecular formula is C12H20N2O2. The van der Waals surface area contributed by atoms with Crippen LogP contribution in [0.3, 0.4) is 0 Å². The van der Waals surface area contributed by atoms with Crippen molar-refractivity contribution in [1.82, 2.24) is 4.98 Å². The highest BCUT2D eigenvalue weighted by molar-refractivity contribution is 5.15. The summed E-state index contributed by atoms with van der Waals surface area (Å²) in [6.45, 7) is 4.52. The Morgan fingerprint density at radius 2 is 2.12 bits per heavy atom. The first-order valence-electron chi connectivity index (χ1n) is 5.73. The van der Waals surface area contributed by atoms with Crippen LogP contribution in [0.25, 0.3) is 0 Å². The fourth-order valence-corrected chi connectivity index (χ4v) is 1.21. The molecule has 1 rings (SSSR count). The highest BCUT2D eigenvalue weighted by Gasteiger charge is 1.97. The SMILES string of the molecule is CCCCOCCOc1cccc(CN)n1. The Morgan fingerprint density at radius 1 is 1.25 bits per heavy atom. The highest BCUT2D eigenvalue weighted by atomic mass is 16.5. The summed E-state index contributed by atoms with van der Waals surface area (Å²) in [6.07, 6.45) is 2.25. The molecule has 0 spiro atoms. The van der Waals surface area contributed by atoms with E-state index in [1.54, 1.807) is 0 Å². The van der Waals surface area contributed by atoms with E-state index < -0.39 is 0 Å². The summed E-state index contributed by atoms with van der Waals surface area (Å²) in [4.78, 5) is 4.22. The van der Waals surface area contributed by atoms with E-state index in [-0.39, 0.29) is 0 Å². The molecule has 0 atom stereocenters. The minimum Gasteiger partial charge on any atom is -0.475 e. The van der Waals surface area contributed by atoms with Crippen molar-refractivity contribution >= 4 is 0 Å². The third kappa shape index (κ3) is 5.09. The number of ether oxygens (including phenoxy) is 2. The standard InChI is InChI=1S/C12H20N2O2/c1-2-3-7-15-8-9-16-12-6-4-5-11(10-13)14-12/h4-6H,2-3,7-10,13H2,1H3. The van der Waals surface area contributed by atoms with Crippen molar-refractivity contribution in [3.63, 3.8) is 0 Å². The van der Waals surface area contributed by atoms with Crippen LogP contribution in [0.5, 0.6) is 5.88 Å². The van der Waals surface area contributed by atoms with E-state index in [9.17, 15) is 0 Å². The van der Waals surface area contributed by atoms with Crippen LogP contribution >= 0.6 is 0 Å². The largest absolute Gasteiger partial charge is 0.475 e. The van der Waals surface area contributed by atoms with E-state index in [0.29, 0.717) is 25.6 Å². The molecule has 1 aromatic rings. The zero-order valence-electron chi connectivity index (χ0n) is 9.82. The van der Waals surface area contributed by atoms with Crippen LogP contribution in [0.15, 0.2) is 18.2 Å². The van der Waals surface area contributed by atoms with Gasteiger partial charge < -0.3 is 15.2 Å². The van der Waals surface area contributed by atoms with Gasteiger partial charge in [0.15, 0.2) is 0 Å². The molecule has 0 radical (unpaired) electrons. The smallest absolute Gasteiger partial charge is 0.213 e. The number of hydrogen-bond acceptors (Lipinski definition) is 4. The van der Waals surface area contributed by atoms with Crippen molar-refractivity contribution < 1.29 is 9.47 Å². The summed E-state index contributed by atoms with van der Waals surface area (Å²) in [5, 5.41) is 0. The molecule has 4 heteroatoms. The van der Waals surface area contributed by atoms with Crippen molar-refractivity contribution in [2.24, 2.45) is 5.73 Å². The molecule has 1 heterocycles. The van der Waals surface area contributed by atoms with E-state index in [1.165, 1.54) is 0 Å². The van der Waals surface area contributed by atoms with E-state index >= 15 is 0 Å². The van der Waals surface area contributed by atoms with Crippen LogP contribution in [-0.2, 0) is 11.3 Å². The fraction of sp³-hybridized carbons (Fsp3) is 0.583. The van der Waals surface area contributed by atoms with Crippen molar-refractivity contribution in [3.8, 4) is 5.88 Å². The average Bonchev–Trinajstić information content (AvgIpc) is 2.34. The number of hydrogen-bond donors (Lipinski definition) is 1. The van der Waals surface area contributed by atoms with Gasteiger partial charge in [0.2, 0.25) is 5.88 Å². The molecular weight excluding hydrogens is 204 g/mol. The van der Waals surface area contributed by atoms with Gasteiger partial charge in [0.05, 0.1) is 12.3 Å². The maximum Gasteiger partial charge on any atom is 0.213 e. The lowest BCUT2D eigenvalue weighted by molar-refractivity contribution is 0.0964. The monoisotopic (exact) mass is 224 g/mol. The van der Waals surface area contributed by atoms with Crippen LogP contribution in [-0.4, -0.2) is 24.8 Å². The topological polar surface area (TPSA) is 57.4 Å². The summed E-state index contributed by atoms with van der Waals surface area (Å²) >= 11 is 0. The van der Waals surface area contributed by atoms with Gasteiger partial charge in [-0.15, -0.1) is 0 Å². The Bertz CT molecular complexity index is 292. The Morgan fingerprint density at radius 3 is 2.88 bits per heavy atom. The van der Waals surface area contributed by atoms with Crippen molar-refractivity contribution in [2.45, 2.75) is 26.3 Å². The van der Waals surface area contributed by atoms with Crippen LogP contribution in [0.4, 0.5) is 0 Å². The second-order valence-corrected chi connectivity index (χ2v) is 3.49. The molecule has 0 aromatic carbocycles. The molecule has 0 aliphatic heterocycles. The summed E-state index contributed by atoms with van der Waals surface area (Å²) in [5.41, 5.74) is 6.32. The molecule has 0 aliphatic rings. The quantitative estimate of drug-likeness (QED) is 0.683. The Kier molecular flexibility index (Phi) is 6.53. The number of nitrogens with two attached hydrogens (primary N) is 1. The van der Waals surface area contributed by atoms with Gasteiger partial charge >= 0.3 is 0 Å². The van der Waals surface area contributed by atoms with Crippen LogP contribution in [0.2, 0.25) is 0 Å². The lowest BCUT2D eigenvalue weighted by Gasteiger charge is -2.06. The van der Waals surface area contributed by atoms with E-state index in [0.717, 1.165) is 25.1 Å². The lowest BCUT2D eigenvalue weighted by atomic mass is 10.3. The van der Waals surface area contributed by atoms with Gasteiger partial charge in [0.1, 0.15) is 6.61 Å². The van der Waals surface area contributed by atoms with Crippen molar-refractivity contribution in [2.75, 3.05) is 19.8 Å². The number of unbranched alkanes of at least 4 members (excludes halogenated alkanes) is 1. The van der Waals surface area contributed by atoms with Gasteiger partial charge in [-0.2, -0.15) is 0 Å². The van der Waals surface area contributed by atoms with Crippen LogP contribution in [0, 0.1) is 0 Å². The average molecular weight is 224 g/mol. The summed E-state index contributed by atoms with van der Waals surface area (Å²) < 4.78 is 10.8. The van der Waals surface area contributed by atoms with Crippen LogP contribution in [0.1, 0.15) is 25.5 Å². The highest BCUT2D eigenvalue weighted by Crippen LogP contribution is 2.06. The molecule has 0 bridgehead atoms. The normalized spacial score (nSPS) is 10.4. The number of nitrogens with zero attached hydrogens (tertiary/aromatic N) is 1. The van der Waals surface area contributed by atoms with Gasteiger partial charge in [-0.25, -0.2) is 4.98 Å². The van der Waals surface area contributed by atoms with Gasteiger partial charge in [0.25, 0.3) is 0 Å². The second kappa shape index (κ2) is 8.07. The van der Waals surface area contributed by atoms with Gasteiger partial charge in [-0.3, -0.25) is 0 Å². The first kappa shape index (κ1) is 12.9. The summed E-state index contributed by atoms with van der Waals surface area (Å²) in [5.74, 6) is 0.613. The fourth-order valence-electron chi connectivity index (χ4n) is 1.21. The van der Waals surface area contributed by atoms with Crippen molar-refractivity contribution in [1.29, 1.82) is 0 Å². The molecule has 0 saturated carbocycles. The maximum absolute atomic E-state index is 5.49. The molecule has 16 heavy (non-hydrogen) atoms. The Balaban J connectivity index is 2.16. The first-order valence-corrected chi connectivity index (χ1v) is 5.73. The van der Waals surface area contributed by atoms with Gasteiger partial charge in [-0.05, 0) is 12.5 Å². The Hall–Kier alpha value is -1.13. The zero-order chi connectivity index (χ0) is 11.6. The third-order valence-corrected chi connectivity index (χ3v) is 2.11. The van der Waals surface area contributed by atoms with Crippen LogP contribution < -0.4 is 10.5 Å². The molecule has 0 aliphatic carbocycles. The zero-order valence-corrected chi connectivity index (χ0v) is 9.82. The van der Waals surface area contributed by atoms with E-state index in [2.05, 4.69) is 11.9 Å². The molecule has 0 amide bonds. The predicted octanol–water partition coefficient (Wildman–Crippen LogP) is 1.74. The molecule has 2 N–H and O–H groups in total. The van der Waals surface area contributed by atoms with Crippen molar-refractivity contribution in [3.05, 3.63) is 23.9 Å². The second-order valence-electron chi connectivity index (χ2n) is 3.49. The van der Waals surface area contributed by atoms with Gasteiger partial charge in [-0.1, -0.05) is 19.4 Å². The number of rotatable bonds is 8. The molecule has 1 aromatic heterocycles. The lowest BCUT2D eigenvalue weighted by Crippen LogP contribution is -2.09. The number of aromatic nitrogens is 1. The third-order valence-electron chi connectivity index (χ3n) is 2.11. The molecule has 4 nitrogen and oxygen atoms in total. The predicted molar refractivity (Wildman–Crippen MR) is 63.4 cm³/mol. The summed E-state index contributed by atoms with van der Waals surface area (Å²) in [6, 6.07) is 5.60. The maximum atomic E-state index is 5.49. The molecule has 90 valence electrons. The Labute approximate surface area is 96.8 Å². The molecule has 0 unspecified atom stereocenters. The van der Waals surface area contributed by atoms with E-state index in [4.69, 9.17) is 15.2 Å². The molecule has 0 fully saturated rings. The first-order chi connectivity index (χ1) is 7.86. The number of pyridine rings is 1. The minimum absolute atomic E-state index is 0.435. The minimum atomic E-state index is 0.435.